The van der Waals surface area contributed by atoms with E-state index in [9.17, 15) is 9.90 Å². The predicted molar refractivity (Wildman–Crippen MR) is 84.6 cm³/mol. The lowest BCUT2D eigenvalue weighted by Gasteiger charge is -2.28. The zero-order valence-electron chi connectivity index (χ0n) is 11.8. The average molecular weight is 324 g/mol. The first kappa shape index (κ1) is 14.6. The van der Waals surface area contributed by atoms with E-state index in [0.29, 0.717) is 26.9 Å². The third kappa shape index (κ3) is 2.29. The number of hydrogen-bond donors (Lipinski definition) is 1. The lowest BCUT2D eigenvalue weighted by atomic mass is 9.78. The molecule has 0 saturated heterocycles. The number of nitrogens with zero attached hydrogens (tertiary/aromatic N) is 1. The SMILES string of the molecule is CC1Cc2nc3c(Cl)ccc(Cl)c3c(C(=O)O)c2C(C)C1. The maximum Gasteiger partial charge on any atom is 0.336 e. The fourth-order valence-corrected chi connectivity index (χ4v) is 3.85. The van der Waals surface area contributed by atoms with E-state index in [4.69, 9.17) is 23.2 Å². The molecule has 1 N–H and O–H groups in total. The molecule has 1 aromatic heterocycles. The van der Waals surface area contributed by atoms with E-state index >= 15 is 0 Å². The van der Waals surface area contributed by atoms with Gasteiger partial charge in [0.1, 0.15) is 0 Å². The summed E-state index contributed by atoms with van der Waals surface area (Å²) in [6.07, 6.45) is 1.73. The highest BCUT2D eigenvalue weighted by Gasteiger charge is 2.30. The molecule has 1 aliphatic rings. The largest absolute Gasteiger partial charge is 0.478 e. The van der Waals surface area contributed by atoms with Crippen LogP contribution in [0.25, 0.3) is 10.9 Å². The van der Waals surface area contributed by atoms with Crippen LogP contribution >= 0.6 is 23.2 Å². The molecule has 0 fully saturated rings. The molecule has 21 heavy (non-hydrogen) atoms. The van der Waals surface area contributed by atoms with Gasteiger partial charge in [0.15, 0.2) is 0 Å². The van der Waals surface area contributed by atoms with Crippen LogP contribution in [-0.4, -0.2) is 16.1 Å². The van der Waals surface area contributed by atoms with Gasteiger partial charge in [-0.05, 0) is 42.4 Å². The number of rotatable bonds is 1. The molecule has 2 unspecified atom stereocenters. The van der Waals surface area contributed by atoms with Crippen LogP contribution in [0.2, 0.25) is 10.0 Å². The van der Waals surface area contributed by atoms with E-state index < -0.39 is 5.97 Å². The van der Waals surface area contributed by atoms with Crippen molar-refractivity contribution in [3.8, 4) is 0 Å². The summed E-state index contributed by atoms with van der Waals surface area (Å²) in [6.45, 7) is 4.21. The van der Waals surface area contributed by atoms with Crippen LogP contribution in [0.4, 0.5) is 0 Å². The van der Waals surface area contributed by atoms with Gasteiger partial charge in [0.2, 0.25) is 0 Å². The molecule has 3 rings (SSSR count). The Kier molecular flexibility index (Phi) is 3.58. The minimum Gasteiger partial charge on any atom is -0.478 e. The quantitative estimate of drug-likeness (QED) is 0.809. The fourth-order valence-electron chi connectivity index (χ4n) is 3.41. The summed E-state index contributed by atoms with van der Waals surface area (Å²) in [5, 5.41) is 11.0. The maximum absolute atomic E-state index is 11.8. The Labute approximate surface area is 132 Å². The molecule has 0 saturated carbocycles. The molecule has 0 spiro atoms. The van der Waals surface area contributed by atoms with Crippen molar-refractivity contribution >= 4 is 40.1 Å². The Morgan fingerprint density at radius 2 is 1.95 bits per heavy atom. The second-order valence-corrected chi connectivity index (χ2v) is 6.67. The number of fused-ring (bicyclic) bond motifs is 2. The van der Waals surface area contributed by atoms with Crippen LogP contribution in [0.5, 0.6) is 0 Å². The summed E-state index contributed by atoms with van der Waals surface area (Å²) in [5.41, 5.74) is 2.41. The van der Waals surface area contributed by atoms with E-state index in [1.807, 2.05) is 6.92 Å². The first-order valence-corrected chi connectivity index (χ1v) is 7.69. The molecule has 0 aliphatic heterocycles. The van der Waals surface area contributed by atoms with Crippen molar-refractivity contribution in [3.63, 3.8) is 0 Å². The number of aromatic carboxylic acids is 1. The predicted octanol–water partition coefficient (Wildman–Crippen LogP) is 4.93. The number of carboxylic acid groups (broad SMARTS) is 1. The number of halogens is 2. The van der Waals surface area contributed by atoms with Gasteiger partial charge in [-0.15, -0.1) is 0 Å². The van der Waals surface area contributed by atoms with Gasteiger partial charge >= 0.3 is 5.97 Å². The number of hydrogen-bond acceptors (Lipinski definition) is 2. The fraction of sp³-hybridized carbons (Fsp3) is 0.375. The second kappa shape index (κ2) is 5.15. The average Bonchev–Trinajstić information content (AvgIpc) is 2.40. The molecule has 110 valence electrons. The van der Waals surface area contributed by atoms with Gasteiger partial charge in [0.25, 0.3) is 0 Å². The summed E-state index contributed by atoms with van der Waals surface area (Å²) < 4.78 is 0. The number of aromatic nitrogens is 1. The molecule has 5 heteroatoms. The van der Waals surface area contributed by atoms with Crippen molar-refractivity contribution in [2.75, 3.05) is 0 Å². The van der Waals surface area contributed by atoms with Crippen molar-refractivity contribution in [1.29, 1.82) is 0 Å². The van der Waals surface area contributed by atoms with Gasteiger partial charge < -0.3 is 5.11 Å². The van der Waals surface area contributed by atoms with Crippen molar-refractivity contribution in [3.05, 3.63) is 39.0 Å². The molecular weight excluding hydrogens is 309 g/mol. The van der Waals surface area contributed by atoms with Crippen molar-refractivity contribution in [1.82, 2.24) is 4.98 Å². The van der Waals surface area contributed by atoms with Gasteiger partial charge in [-0.25, -0.2) is 4.79 Å². The van der Waals surface area contributed by atoms with Crippen LogP contribution in [0.1, 0.15) is 47.8 Å². The van der Waals surface area contributed by atoms with E-state index in [-0.39, 0.29) is 11.5 Å². The molecule has 1 aliphatic carbocycles. The Bertz CT molecular complexity index is 758. The van der Waals surface area contributed by atoms with E-state index in [0.717, 1.165) is 24.1 Å². The van der Waals surface area contributed by atoms with E-state index in [2.05, 4.69) is 11.9 Å². The van der Waals surface area contributed by atoms with Crippen molar-refractivity contribution in [2.45, 2.75) is 32.6 Å². The van der Waals surface area contributed by atoms with Crippen LogP contribution in [0.3, 0.4) is 0 Å². The third-order valence-electron chi connectivity index (χ3n) is 4.16. The van der Waals surface area contributed by atoms with E-state index in [1.54, 1.807) is 12.1 Å². The number of carbonyl (C=O) groups is 1. The van der Waals surface area contributed by atoms with Crippen molar-refractivity contribution in [2.24, 2.45) is 5.92 Å². The van der Waals surface area contributed by atoms with Crippen LogP contribution in [0.15, 0.2) is 12.1 Å². The molecule has 2 atom stereocenters. The van der Waals surface area contributed by atoms with Gasteiger partial charge in [0, 0.05) is 11.1 Å². The molecule has 2 aromatic rings. The highest BCUT2D eigenvalue weighted by Crippen LogP contribution is 2.41. The van der Waals surface area contributed by atoms with Gasteiger partial charge in [-0.2, -0.15) is 0 Å². The van der Waals surface area contributed by atoms with Crippen LogP contribution < -0.4 is 0 Å². The summed E-state index contributed by atoms with van der Waals surface area (Å²) >= 11 is 12.4. The third-order valence-corrected chi connectivity index (χ3v) is 4.78. The highest BCUT2D eigenvalue weighted by molar-refractivity contribution is 6.41. The molecule has 1 heterocycles. The molecule has 0 bridgehead atoms. The summed E-state index contributed by atoms with van der Waals surface area (Å²) in [7, 11) is 0. The lowest BCUT2D eigenvalue weighted by Crippen LogP contribution is -2.20. The monoisotopic (exact) mass is 323 g/mol. The number of benzene rings is 1. The minimum atomic E-state index is -0.968. The zero-order valence-corrected chi connectivity index (χ0v) is 13.3. The Balaban J connectivity index is 2.48. The maximum atomic E-state index is 11.8. The molecule has 0 radical (unpaired) electrons. The van der Waals surface area contributed by atoms with Gasteiger partial charge in [-0.1, -0.05) is 37.0 Å². The minimum absolute atomic E-state index is 0.154. The van der Waals surface area contributed by atoms with Crippen LogP contribution in [-0.2, 0) is 6.42 Å². The highest BCUT2D eigenvalue weighted by atomic mass is 35.5. The molecule has 3 nitrogen and oxygen atoms in total. The van der Waals surface area contributed by atoms with Gasteiger partial charge in [0.05, 0.1) is 21.1 Å². The standard InChI is InChI=1S/C16H15Cl2NO2/c1-7-5-8(2)12-11(6-7)19-15-10(18)4-3-9(17)13(15)14(12)16(20)21/h3-4,7-8H,5-6H2,1-2H3,(H,20,21). The Morgan fingerprint density at radius 1 is 1.29 bits per heavy atom. The lowest BCUT2D eigenvalue weighted by molar-refractivity contribution is 0.0696. The van der Waals surface area contributed by atoms with E-state index in [1.165, 1.54) is 0 Å². The summed E-state index contributed by atoms with van der Waals surface area (Å²) in [6, 6.07) is 3.29. The number of carboxylic acids is 1. The van der Waals surface area contributed by atoms with Gasteiger partial charge in [-0.3, -0.25) is 4.98 Å². The van der Waals surface area contributed by atoms with Crippen molar-refractivity contribution < 1.29 is 9.90 Å². The second-order valence-electron chi connectivity index (χ2n) is 5.85. The van der Waals surface area contributed by atoms with Crippen LogP contribution in [0, 0.1) is 5.92 Å². The molecule has 0 amide bonds. The zero-order chi connectivity index (χ0) is 15.3. The number of pyridine rings is 1. The summed E-state index contributed by atoms with van der Waals surface area (Å²) in [4.78, 5) is 16.5. The Hall–Kier alpha value is -1.32. The Morgan fingerprint density at radius 3 is 2.62 bits per heavy atom. The topological polar surface area (TPSA) is 50.2 Å². The molecular formula is C16H15Cl2NO2. The smallest absolute Gasteiger partial charge is 0.336 e. The molecule has 1 aromatic carbocycles. The first-order chi connectivity index (χ1) is 9.90. The summed E-state index contributed by atoms with van der Waals surface area (Å²) in [5.74, 6) is -0.330. The normalized spacial score (nSPS) is 21.3. The first-order valence-electron chi connectivity index (χ1n) is 6.94.